The third-order valence-corrected chi connectivity index (χ3v) is 4.18. The maximum absolute atomic E-state index is 13.7. The van der Waals surface area contributed by atoms with Crippen LogP contribution in [0.4, 0.5) is 22.0 Å². The van der Waals surface area contributed by atoms with Crippen molar-refractivity contribution in [3.05, 3.63) is 59.4 Å². The quantitative estimate of drug-likeness (QED) is 0.523. The highest BCUT2D eigenvalue weighted by Gasteiger charge is 2.41. The molecule has 8 nitrogen and oxygen atoms in total. The predicted octanol–water partition coefficient (Wildman–Crippen LogP) is 3.26. The molecule has 1 N–H and O–H groups in total. The van der Waals surface area contributed by atoms with Gasteiger partial charge in [-0.15, -0.1) is 10.2 Å². The van der Waals surface area contributed by atoms with Crippen molar-refractivity contribution in [3.8, 4) is 17.4 Å². The molecule has 32 heavy (non-hydrogen) atoms. The third-order valence-electron chi connectivity index (χ3n) is 4.18. The Morgan fingerprint density at radius 2 is 1.84 bits per heavy atom. The molecule has 1 aromatic carbocycles. The van der Waals surface area contributed by atoms with Crippen molar-refractivity contribution in [1.29, 1.82) is 0 Å². The summed E-state index contributed by atoms with van der Waals surface area (Å²) in [6.07, 6.45) is -3.86. The molecule has 2 heterocycles. The molecule has 0 aliphatic carbocycles. The van der Waals surface area contributed by atoms with Crippen LogP contribution in [0, 0.1) is 0 Å². The van der Waals surface area contributed by atoms with Gasteiger partial charge in [-0.25, -0.2) is 4.68 Å². The van der Waals surface area contributed by atoms with Gasteiger partial charge in [-0.1, -0.05) is 12.1 Å². The lowest BCUT2D eigenvalue weighted by Gasteiger charge is -2.12. The monoisotopic (exact) mass is 457 g/mol. The fourth-order valence-corrected chi connectivity index (χ4v) is 2.75. The Kier molecular flexibility index (Phi) is 6.85. The second-order valence-electron chi connectivity index (χ2n) is 6.28. The Morgan fingerprint density at radius 3 is 2.41 bits per heavy atom. The van der Waals surface area contributed by atoms with Gasteiger partial charge in [0.25, 0.3) is 5.91 Å². The molecule has 0 fully saturated rings. The van der Waals surface area contributed by atoms with Gasteiger partial charge in [-0.2, -0.15) is 27.1 Å². The van der Waals surface area contributed by atoms with Crippen LogP contribution in [0.15, 0.2) is 42.6 Å². The van der Waals surface area contributed by atoms with E-state index in [4.69, 9.17) is 4.74 Å². The molecule has 0 saturated heterocycles. The SMILES string of the molecule is COc1ccc(-n2ncc(C(=O)NCCc3ccc(OC(F)F)cc3)c2C(F)(F)F)nn1. The van der Waals surface area contributed by atoms with Gasteiger partial charge in [-0.3, -0.25) is 4.79 Å². The molecule has 2 aromatic heterocycles. The number of methoxy groups -OCH3 is 1. The van der Waals surface area contributed by atoms with Crippen LogP contribution in [0.5, 0.6) is 11.6 Å². The number of hydrogen-bond acceptors (Lipinski definition) is 6. The normalized spacial score (nSPS) is 11.5. The second-order valence-corrected chi connectivity index (χ2v) is 6.28. The summed E-state index contributed by atoms with van der Waals surface area (Å²) in [5.74, 6) is -1.16. The number of carbonyl (C=O) groups is 1. The Hall–Kier alpha value is -3.77. The summed E-state index contributed by atoms with van der Waals surface area (Å²) in [4.78, 5) is 12.4. The van der Waals surface area contributed by atoms with Crippen LogP contribution >= 0.6 is 0 Å². The zero-order valence-electron chi connectivity index (χ0n) is 16.4. The van der Waals surface area contributed by atoms with Crippen LogP contribution in [0.2, 0.25) is 0 Å². The maximum Gasteiger partial charge on any atom is 0.434 e. The highest BCUT2D eigenvalue weighted by molar-refractivity contribution is 5.95. The Labute approximate surface area is 178 Å². The van der Waals surface area contributed by atoms with E-state index >= 15 is 0 Å². The molecule has 3 rings (SSSR count). The lowest BCUT2D eigenvalue weighted by Crippen LogP contribution is -2.28. The van der Waals surface area contributed by atoms with Crippen molar-refractivity contribution in [3.63, 3.8) is 0 Å². The molecule has 0 aliphatic heterocycles. The van der Waals surface area contributed by atoms with Crippen molar-refractivity contribution in [2.24, 2.45) is 0 Å². The molecular weight excluding hydrogens is 441 g/mol. The number of amides is 1. The number of halogens is 5. The van der Waals surface area contributed by atoms with Crippen molar-refractivity contribution in [2.45, 2.75) is 19.2 Å². The number of ether oxygens (including phenoxy) is 2. The van der Waals surface area contributed by atoms with Crippen LogP contribution < -0.4 is 14.8 Å². The first-order chi connectivity index (χ1) is 15.2. The van der Waals surface area contributed by atoms with Crippen LogP contribution in [-0.2, 0) is 12.6 Å². The number of rotatable bonds is 8. The molecule has 0 bridgehead atoms. The van der Waals surface area contributed by atoms with E-state index in [0.717, 1.165) is 6.20 Å². The highest BCUT2D eigenvalue weighted by Crippen LogP contribution is 2.33. The molecular formula is C19H16F5N5O3. The number of nitrogens with one attached hydrogen (secondary N) is 1. The number of aromatic nitrogens is 4. The fraction of sp³-hybridized carbons (Fsp3) is 0.263. The van der Waals surface area contributed by atoms with Gasteiger partial charge in [0.2, 0.25) is 5.88 Å². The van der Waals surface area contributed by atoms with Gasteiger partial charge in [-0.05, 0) is 30.2 Å². The summed E-state index contributed by atoms with van der Waals surface area (Å²) in [5.41, 5.74) is -1.33. The lowest BCUT2D eigenvalue weighted by atomic mass is 10.1. The molecule has 170 valence electrons. The van der Waals surface area contributed by atoms with E-state index in [1.165, 1.54) is 43.5 Å². The predicted molar refractivity (Wildman–Crippen MR) is 99.8 cm³/mol. The van der Waals surface area contributed by atoms with Gasteiger partial charge < -0.3 is 14.8 Å². The summed E-state index contributed by atoms with van der Waals surface area (Å²) in [6.45, 7) is -2.95. The summed E-state index contributed by atoms with van der Waals surface area (Å²) in [5, 5.41) is 13.3. The van der Waals surface area contributed by atoms with E-state index in [9.17, 15) is 26.7 Å². The number of alkyl halides is 5. The van der Waals surface area contributed by atoms with Crippen molar-refractivity contribution in [1.82, 2.24) is 25.3 Å². The van der Waals surface area contributed by atoms with E-state index in [-0.39, 0.29) is 30.4 Å². The van der Waals surface area contributed by atoms with Crippen LogP contribution in [0.3, 0.4) is 0 Å². The van der Waals surface area contributed by atoms with Gasteiger partial charge in [0, 0.05) is 12.6 Å². The maximum atomic E-state index is 13.7. The standard InChI is InChI=1S/C19H16F5N5O3/c1-31-15-7-6-14(27-28-15)29-16(19(22,23)24)13(10-26-29)17(30)25-9-8-11-2-4-12(5-3-11)32-18(20)21/h2-7,10,18H,8-9H2,1H3,(H,25,30). The van der Waals surface area contributed by atoms with Gasteiger partial charge >= 0.3 is 12.8 Å². The van der Waals surface area contributed by atoms with Crippen molar-refractivity contribution in [2.75, 3.05) is 13.7 Å². The summed E-state index contributed by atoms with van der Waals surface area (Å²) < 4.78 is 74.9. The molecule has 0 unspecified atom stereocenters. The smallest absolute Gasteiger partial charge is 0.434 e. The third kappa shape index (κ3) is 5.47. The molecule has 1 amide bonds. The van der Waals surface area contributed by atoms with E-state index in [1.807, 2.05) is 0 Å². The first-order valence-electron chi connectivity index (χ1n) is 9.04. The topological polar surface area (TPSA) is 91.2 Å². The zero-order chi connectivity index (χ0) is 23.3. The molecule has 0 saturated carbocycles. The highest BCUT2D eigenvalue weighted by atomic mass is 19.4. The van der Waals surface area contributed by atoms with Crippen LogP contribution in [-0.4, -0.2) is 46.2 Å². The minimum Gasteiger partial charge on any atom is -0.480 e. The zero-order valence-corrected chi connectivity index (χ0v) is 16.4. The van der Waals surface area contributed by atoms with Gasteiger partial charge in [0.1, 0.15) is 5.75 Å². The first kappa shape index (κ1) is 22.9. The van der Waals surface area contributed by atoms with Crippen molar-refractivity contribution >= 4 is 5.91 Å². The number of benzene rings is 1. The van der Waals surface area contributed by atoms with E-state index < -0.39 is 30.0 Å². The summed E-state index contributed by atoms with van der Waals surface area (Å²) in [6, 6.07) is 8.19. The van der Waals surface area contributed by atoms with Crippen LogP contribution in [0.25, 0.3) is 5.82 Å². The van der Waals surface area contributed by atoms with E-state index in [2.05, 4.69) is 25.3 Å². The average Bonchev–Trinajstić information content (AvgIpc) is 3.20. The number of hydrogen-bond donors (Lipinski definition) is 1. The van der Waals surface area contributed by atoms with Gasteiger partial charge in [0.05, 0.1) is 18.9 Å². The first-order valence-corrected chi connectivity index (χ1v) is 9.04. The summed E-state index contributed by atoms with van der Waals surface area (Å²) in [7, 11) is 1.33. The Balaban J connectivity index is 1.71. The number of nitrogens with zero attached hydrogens (tertiary/aromatic N) is 4. The van der Waals surface area contributed by atoms with E-state index in [0.29, 0.717) is 10.2 Å². The lowest BCUT2D eigenvalue weighted by molar-refractivity contribution is -0.143. The molecule has 13 heteroatoms. The van der Waals surface area contributed by atoms with Crippen LogP contribution in [0.1, 0.15) is 21.6 Å². The molecule has 0 radical (unpaired) electrons. The molecule has 0 atom stereocenters. The molecule has 0 spiro atoms. The summed E-state index contributed by atoms with van der Waals surface area (Å²) >= 11 is 0. The van der Waals surface area contributed by atoms with Gasteiger partial charge in [0.15, 0.2) is 11.5 Å². The minimum atomic E-state index is -4.90. The molecule has 3 aromatic rings. The van der Waals surface area contributed by atoms with Crippen molar-refractivity contribution < 1.29 is 36.2 Å². The largest absolute Gasteiger partial charge is 0.480 e. The second kappa shape index (κ2) is 9.58. The Morgan fingerprint density at radius 1 is 1.12 bits per heavy atom. The van der Waals surface area contributed by atoms with E-state index in [1.54, 1.807) is 0 Å². The Bertz CT molecular complexity index is 1050. The minimum absolute atomic E-state index is 0.00129. The number of carbonyl (C=O) groups excluding carboxylic acids is 1. The molecule has 0 aliphatic rings. The fourth-order valence-electron chi connectivity index (χ4n) is 2.75. The average molecular weight is 457 g/mol.